The lowest BCUT2D eigenvalue weighted by atomic mass is 10.1. The van der Waals surface area contributed by atoms with Crippen LogP contribution in [0.1, 0.15) is 29.2 Å². The number of aryl methyl sites for hydroxylation is 1. The molecule has 0 unspecified atom stereocenters. The molecule has 0 fully saturated rings. The third kappa shape index (κ3) is 6.49. The second kappa shape index (κ2) is 11.4. The summed E-state index contributed by atoms with van der Waals surface area (Å²) in [5.41, 5.74) is 7.33. The highest BCUT2D eigenvalue weighted by Crippen LogP contribution is 2.37. The third-order valence-electron chi connectivity index (χ3n) is 4.60. The number of rotatable bonds is 10. The molecule has 0 spiro atoms. The summed E-state index contributed by atoms with van der Waals surface area (Å²) in [6.45, 7) is 5.59. The van der Waals surface area contributed by atoms with Gasteiger partial charge in [-0.1, -0.05) is 48.0 Å². The molecule has 31 heavy (non-hydrogen) atoms. The topological polar surface area (TPSA) is 52.1 Å². The van der Waals surface area contributed by atoms with Crippen LogP contribution in [0, 0.1) is 6.92 Å². The maximum Gasteiger partial charge on any atom is 0.175 e. The molecule has 0 atom stereocenters. The highest BCUT2D eigenvalue weighted by Gasteiger charge is 2.12. The van der Waals surface area contributed by atoms with Gasteiger partial charge in [0.1, 0.15) is 12.4 Å². The van der Waals surface area contributed by atoms with E-state index in [9.17, 15) is 0 Å². The first-order chi connectivity index (χ1) is 15.1. The van der Waals surface area contributed by atoms with Crippen LogP contribution in [-0.4, -0.2) is 19.9 Å². The Bertz CT molecular complexity index is 1020. The summed E-state index contributed by atoms with van der Waals surface area (Å²) >= 11 is 3.61. The predicted molar refractivity (Wildman–Crippen MR) is 128 cm³/mol. The van der Waals surface area contributed by atoms with E-state index in [4.69, 9.17) is 14.2 Å². The van der Waals surface area contributed by atoms with Crippen LogP contribution in [0.3, 0.4) is 0 Å². The van der Waals surface area contributed by atoms with Gasteiger partial charge in [0.2, 0.25) is 0 Å². The van der Waals surface area contributed by atoms with Crippen LogP contribution in [0.4, 0.5) is 0 Å². The molecule has 0 aliphatic rings. The zero-order valence-electron chi connectivity index (χ0n) is 18.0. The van der Waals surface area contributed by atoms with Crippen LogP contribution in [0.5, 0.6) is 17.2 Å². The standard InChI is InChI=1S/C25H27BrN2O3/c1-4-30-24-14-20(15-27-28-16-21-7-5-6-8-23(21)29-3)13-22(26)25(24)31-17-19-11-9-18(2)10-12-19/h5-15,28H,4,16-17H2,1-3H3/b27-15-. The highest BCUT2D eigenvalue weighted by molar-refractivity contribution is 9.10. The van der Waals surface area contributed by atoms with Gasteiger partial charge in [-0.15, -0.1) is 0 Å². The van der Waals surface area contributed by atoms with Crippen molar-refractivity contribution in [1.82, 2.24) is 5.43 Å². The van der Waals surface area contributed by atoms with Crippen LogP contribution < -0.4 is 19.6 Å². The molecule has 6 heteroatoms. The van der Waals surface area contributed by atoms with E-state index in [1.807, 2.05) is 43.3 Å². The second-order valence-electron chi connectivity index (χ2n) is 6.94. The number of benzene rings is 3. The zero-order valence-corrected chi connectivity index (χ0v) is 19.6. The number of nitrogens with zero attached hydrogens (tertiary/aromatic N) is 1. The minimum absolute atomic E-state index is 0.465. The number of para-hydroxylation sites is 1. The Kier molecular flexibility index (Phi) is 8.35. The van der Waals surface area contributed by atoms with Crippen LogP contribution in [0.25, 0.3) is 0 Å². The van der Waals surface area contributed by atoms with Crippen molar-refractivity contribution in [3.8, 4) is 17.2 Å². The third-order valence-corrected chi connectivity index (χ3v) is 5.19. The first-order valence-corrected chi connectivity index (χ1v) is 10.9. The van der Waals surface area contributed by atoms with Crippen molar-refractivity contribution in [1.29, 1.82) is 0 Å². The molecule has 5 nitrogen and oxygen atoms in total. The molecule has 0 aromatic heterocycles. The van der Waals surface area contributed by atoms with Gasteiger partial charge in [0.05, 0.1) is 30.9 Å². The predicted octanol–water partition coefficient (Wildman–Crippen LogP) is 5.87. The van der Waals surface area contributed by atoms with Gasteiger partial charge in [0, 0.05) is 5.56 Å². The van der Waals surface area contributed by atoms with Gasteiger partial charge in [-0.05, 0) is 59.1 Å². The monoisotopic (exact) mass is 482 g/mol. The van der Waals surface area contributed by atoms with Crippen molar-refractivity contribution in [3.05, 3.63) is 87.4 Å². The van der Waals surface area contributed by atoms with E-state index in [0.29, 0.717) is 31.3 Å². The van der Waals surface area contributed by atoms with Gasteiger partial charge in [-0.3, -0.25) is 0 Å². The Morgan fingerprint density at radius 2 is 1.77 bits per heavy atom. The van der Waals surface area contributed by atoms with Crippen LogP contribution >= 0.6 is 15.9 Å². The fourth-order valence-electron chi connectivity index (χ4n) is 3.01. The smallest absolute Gasteiger partial charge is 0.175 e. The molecule has 3 aromatic rings. The largest absolute Gasteiger partial charge is 0.496 e. The van der Waals surface area contributed by atoms with Crippen molar-refractivity contribution in [2.75, 3.05) is 13.7 Å². The number of hydrazone groups is 1. The van der Waals surface area contributed by atoms with E-state index in [2.05, 4.69) is 57.6 Å². The minimum atomic E-state index is 0.465. The summed E-state index contributed by atoms with van der Waals surface area (Å²) < 4.78 is 18.1. The summed E-state index contributed by atoms with van der Waals surface area (Å²) in [7, 11) is 1.66. The van der Waals surface area contributed by atoms with E-state index >= 15 is 0 Å². The molecule has 0 saturated heterocycles. The molecule has 3 aromatic carbocycles. The first-order valence-electron chi connectivity index (χ1n) is 10.1. The van der Waals surface area contributed by atoms with Gasteiger partial charge < -0.3 is 19.6 Å². The quantitative estimate of drug-likeness (QED) is 0.290. The molecule has 0 aliphatic carbocycles. The molecular weight excluding hydrogens is 456 g/mol. The number of hydrogen-bond donors (Lipinski definition) is 1. The highest BCUT2D eigenvalue weighted by atomic mass is 79.9. The number of halogens is 1. The van der Waals surface area contributed by atoms with Crippen LogP contribution in [0.15, 0.2) is 70.2 Å². The normalized spacial score (nSPS) is 10.8. The molecule has 162 valence electrons. The fourth-order valence-corrected chi connectivity index (χ4v) is 3.58. The molecule has 0 amide bonds. The van der Waals surface area contributed by atoms with E-state index in [0.717, 1.165) is 26.9 Å². The lowest BCUT2D eigenvalue weighted by Crippen LogP contribution is -2.07. The summed E-state index contributed by atoms with van der Waals surface area (Å²) in [5.74, 6) is 2.19. The van der Waals surface area contributed by atoms with Crippen LogP contribution in [-0.2, 0) is 13.2 Å². The Morgan fingerprint density at radius 1 is 1.00 bits per heavy atom. The van der Waals surface area contributed by atoms with Crippen molar-refractivity contribution in [2.24, 2.45) is 5.10 Å². The molecule has 1 N–H and O–H groups in total. The maximum atomic E-state index is 6.06. The molecule has 3 rings (SSSR count). The van der Waals surface area contributed by atoms with Crippen LogP contribution in [0.2, 0.25) is 0 Å². The van der Waals surface area contributed by atoms with E-state index in [-0.39, 0.29) is 0 Å². The summed E-state index contributed by atoms with van der Waals surface area (Å²) in [5, 5.41) is 4.34. The maximum absolute atomic E-state index is 6.06. The second-order valence-corrected chi connectivity index (χ2v) is 7.80. The van der Waals surface area contributed by atoms with E-state index in [1.165, 1.54) is 5.56 Å². The number of ether oxygens (including phenoxy) is 3. The molecular formula is C25H27BrN2O3. The van der Waals surface area contributed by atoms with Gasteiger partial charge >= 0.3 is 0 Å². The Morgan fingerprint density at radius 3 is 2.52 bits per heavy atom. The molecule has 0 radical (unpaired) electrons. The summed E-state index contributed by atoms with van der Waals surface area (Å²) in [6.07, 6.45) is 1.76. The molecule has 0 heterocycles. The zero-order chi connectivity index (χ0) is 22.1. The minimum Gasteiger partial charge on any atom is -0.496 e. The summed E-state index contributed by atoms with van der Waals surface area (Å²) in [6, 6.07) is 20.0. The lowest BCUT2D eigenvalue weighted by Gasteiger charge is -2.15. The summed E-state index contributed by atoms with van der Waals surface area (Å²) in [4.78, 5) is 0. The number of hydrogen-bond acceptors (Lipinski definition) is 5. The number of methoxy groups -OCH3 is 1. The Labute approximate surface area is 192 Å². The van der Waals surface area contributed by atoms with Crippen molar-refractivity contribution in [3.63, 3.8) is 0 Å². The van der Waals surface area contributed by atoms with E-state index in [1.54, 1.807) is 13.3 Å². The lowest BCUT2D eigenvalue weighted by molar-refractivity contribution is 0.267. The molecule has 0 bridgehead atoms. The SMILES string of the molecule is CCOc1cc(/C=N\NCc2ccccc2OC)cc(Br)c1OCc1ccc(C)cc1. The number of nitrogens with one attached hydrogen (secondary N) is 1. The molecule has 0 saturated carbocycles. The average Bonchev–Trinajstić information content (AvgIpc) is 2.78. The molecule has 0 aliphatic heterocycles. The van der Waals surface area contributed by atoms with Crippen molar-refractivity contribution in [2.45, 2.75) is 27.0 Å². The van der Waals surface area contributed by atoms with Gasteiger partial charge in [-0.2, -0.15) is 5.10 Å². The van der Waals surface area contributed by atoms with E-state index < -0.39 is 0 Å². The van der Waals surface area contributed by atoms with Gasteiger partial charge in [-0.25, -0.2) is 0 Å². The average molecular weight is 483 g/mol. The van der Waals surface area contributed by atoms with Crippen molar-refractivity contribution < 1.29 is 14.2 Å². The van der Waals surface area contributed by atoms with Crippen molar-refractivity contribution >= 4 is 22.1 Å². The fraction of sp³-hybridized carbons (Fsp3) is 0.240. The van der Waals surface area contributed by atoms with Gasteiger partial charge in [0.15, 0.2) is 11.5 Å². The Hall–Kier alpha value is -2.99. The van der Waals surface area contributed by atoms with Gasteiger partial charge in [0.25, 0.3) is 0 Å². The first kappa shape index (κ1) is 22.7. The Balaban J connectivity index is 1.68.